The quantitative estimate of drug-likeness (QED) is 0.829. The van der Waals surface area contributed by atoms with Gasteiger partial charge in [-0.3, -0.25) is 0 Å². The van der Waals surface area contributed by atoms with Gasteiger partial charge in [0.05, 0.1) is 5.69 Å². The molecule has 1 aromatic rings. The highest BCUT2D eigenvalue weighted by Crippen LogP contribution is 2.28. The molecule has 84 valence electrons. The normalized spacial score (nSPS) is 31.7. The van der Waals surface area contributed by atoms with E-state index in [-0.39, 0.29) is 0 Å². The molecule has 3 heteroatoms. The Balaban J connectivity index is 1.79. The lowest BCUT2D eigenvalue weighted by Crippen LogP contribution is -2.35. The SMILES string of the molecule is CC1CC(C)CC(NCc2ccon2)C1. The molecular formula is C12H20N2O. The van der Waals surface area contributed by atoms with Crippen molar-refractivity contribution in [2.45, 2.75) is 45.7 Å². The van der Waals surface area contributed by atoms with Crippen LogP contribution >= 0.6 is 0 Å². The van der Waals surface area contributed by atoms with Gasteiger partial charge in [-0.15, -0.1) is 0 Å². The summed E-state index contributed by atoms with van der Waals surface area (Å²) in [4.78, 5) is 0. The maximum absolute atomic E-state index is 4.81. The van der Waals surface area contributed by atoms with E-state index in [0.29, 0.717) is 6.04 Å². The molecule has 2 rings (SSSR count). The number of aromatic nitrogens is 1. The van der Waals surface area contributed by atoms with E-state index in [1.54, 1.807) is 6.26 Å². The molecule has 1 N–H and O–H groups in total. The van der Waals surface area contributed by atoms with Gasteiger partial charge < -0.3 is 9.84 Å². The van der Waals surface area contributed by atoms with E-state index in [0.717, 1.165) is 24.1 Å². The highest BCUT2D eigenvalue weighted by molar-refractivity contribution is 4.95. The molecule has 15 heavy (non-hydrogen) atoms. The molecule has 0 aliphatic heterocycles. The molecule has 1 saturated carbocycles. The van der Waals surface area contributed by atoms with Gasteiger partial charge in [0.2, 0.25) is 0 Å². The Bertz CT molecular complexity index is 274. The van der Waals surface area contributed by atoms with Crippen molar-refractivity contribution < 1.29 is 4.52 Å². The zero-order valence-electron chi connectivity index (χ0n) is 9.57. The number of nitrogens with zero attached hydrogens (tertiary/aromatic N) is 1. The number of rotatable bonds is 3. The van der Waals surface area contributed by atoms with Gasteiger partial charge in [0.1, 0.15) is 6.26 Å². The van der Waals surface area contributed by atoms with Crippen LogP contribution in [0.1, 0.15) is 38.8 Å². The van der Waals surface area contributed by atoms with Gasteiger partial charge in [-0.05, 0) is 31.1 Å². The van der Waals surface area contributed by atoms with Crippen molar-refractivity contribution in [2.75, 3.05) is 0 Å². The zero-order chi connectivity index (χ0) is 10.7. The first-order valence-electron chi connectivity index (χ1n) is 5.86. The molecule has 3 nitrogen and oxygen atoms in total. The van der Waals surface area contributed by atoms with Gasteiger partial charge in [-0.25, -0.2) is 0 Å². The third-order valence-electron chi connectivity index (χ3n) is 3.24. The van der Waals surface area contributed by atoms with Gasteiger partial charge in [-0.1, -0.05) is 19.0 Å². The Hall–Kier alpha value is -0.830. The minimum atomic E-state index is 0.653. The van der Waals surface area contributed by atoms with Crippen LogP contribution in [0.15, 0.2) is 16.9 Å². The Labute approximate surface area is 91.2 Å². The molecule has 0 radical (unpaired) electrons. The zero-order valence-corrected chi connectivity index (χ0v) is 9.57. The van der Waals surface area contributed by atoms with Crippen molar-refractivity contribution in [1.82, 2.24) is 10.5 Å². The molecule has 2 unspecified atom stereocenters. The summed E-state index contributed by atoms with van der Waals surface area (Å²) in [6.07, 6.45) is 5.59. The fourth-order valence-electron chi connectivity index (χ4n) is 2.69. The maximum atomic E-state index is 4.81. The third-order valence-corrected chi connectivity index (χ3v) is 3.24. The molecule has 2 atom stereocenters. The summed E-state index contributed by atoms with van der Waals surface area (Å²) in [6, 6.07) is 2.57. The Morgan fingerprint density at radius 1 is 1.33 bits per heavy atom. The molecule has 1 heterocycles. The molecule has 0 saturated heterocycles. The minimum Gasteiger partial charge on any atom is -0.364 e. The van der Waals surface area contributed by atoms with Crippen LogP contribution < -0.4 is 5.32 Å². The predicted octanol–water partition coefficient (Wildman–Crippen LogP) is 2.59. The number of nitrogens with one attached hydrogen (secondary N) is 1. The van der Waals surface area contributed by atoms with Crippen molar-refractivity contribution in [3.8, 4) is 0 Å². The summed E-state index contributed by atoms with van der Waals surface area (Å²) >= 11 is 0. The average molecular weight is 208 g/mol. The average Bonchev–Trinajstić information content (AvgIpc) is 2.65. The molecule has 0 amide bonds. The Morgan fingerprint density at radius 3 is 2.67 bits per heavy atom. The molecule has 0 bridgehead atoms. The van der Waals surface area contributed by atoms with Crippen LogP contribution in [0, 0.1) is 11.8 Å². The van der Waals surface area contributed by atoms with E-state index in [1.807, 2.05) is 6.07 Å². The fourth-order valence-corrected chi connectivity index (χ4v) is 2.69. The standard InChI is InChI=1S/C12H20N2O/c1-9-5-10(2)7-12(6-9)13-8-11-3-4-15-14-11/h3-4,9-10,12-13H,5-8H2,1-2H3. The van der Waals surface area contributed by atoms with E-state index < -0.39 is 0 Å². The molecule has 0 aromatic carbocycles. The van der Waals surface area contributed by atoms with Crippen LogP contribution in [-0.4, -0.2) is 11.2 Å². The first kappa shape index (κ1) is 10.7. The van der Waals surface area contributed by atoms with Gasteiger partial charge in [0, 0.05) is 18.7 Å². The molecule has 0 spiro atoms. The first-order chi connectivity index (χ1) is 7.24. The third kappa shape index (κ3) is 3.06. The predicted molar refractivity (Wildman–Crippen MR) is 59.3 cm³/mol. The second-order valence-electron chi connectivity index (χ2n) is 4.99. The van der Waals surface area contributed by atoms with Crippen LogP contribution in [0.25, 0.3) is 0 Å². The van der Waals surface area contributed by atoms with Crippen LogP contribution in [0.2, 0.25) is 0 Å². The molecule has 1 aliphatic rings. The molecule has 1 aromatic heterocycles. The topological polar surface area (TPSA) is 38.1 Å². The second kappa shape index (κ2) is 4.79. The fraction of sp³-hybridized carbons (Fsp3) is 0.750. The van der Waals surface area contributed by atoms with E-state index in [9.17, 15) is 0 Å². The highest BCUT2D eigenvalue weighted by Gasteiger charge is 2.23. The van der Waals surface area contributed by atoms with Gasteiger partial charge in [0.25, 0.3) is 0 Å². The van der Waals surface area contributed by atoms with Gasteiger partial charge in [0.15, 0.2) is 0 Å². The smallest absolute Gasteiger partial charge is 0.124 e. The maximum Gasteiger partial charge on any atom is 0.124 e. The van der Waals surface area contributed by atoms with Crippen LogP contribution in [0.5, 0.6) is 0 Å². The van der Waals surface area contributed by atoms with Crippen molar-refractivity contribution in [3.05, 3.63) is 18.0 Å². The minimum absolute atomic E-state index is 0.653. The second-order valence-corrected chi connectivity index (χ2v) is 4.99. The summed E-state index contributed by atoms with van der Waals surface area (Å²) in [7, 11) is 0. The van der Waals surface area contributed by atoms with Crippen molar-refractivity contribution >= 4 is 0 Å². The van der Waals surface area contributed by atoms with Crippen molar-refractivity contribution in [2.24, 2.45) is 11.8 Å². The van der Waals surface area contributed by atoms with Gasteiger partial charge in [-0.2, -0.15) is 0 Å². The lowest BCUT2D eigenvalue weighted by Gasteiger charge is -2.31. The number of hydrogen-bond donors (Lipinski definition) is 1. The van der Waals surface area contributed by atoms with E-state index in [1.165, 1.54) is 19.3 Å². The summed E-state index contributed by atoms with van der Waals surface area (Å²) < 4.78 is 4.81. The lowest BCUT2D eigenvalue weighted by atomic mass is 9.80. The van der Waals surface area contributed by atoms with Gasteiger partial charge >= 0.3 is 0 Å². The highest BCUT2D eigenvalue weighted by atomic mass is 16.5. The largest absolute Gasteiger partial charge is 0.364 e. The lowest BCUT2D eigenvalue weighted by molar-refractivity contribution is 0.237. The first-order valence-corrected chi connectivity index (χ1v) is 5.86. The molecule has 1 fully saturated rings. The Kier molecular flexibility index (Phi) is 3.41. The molecule has 1 aliphatic carbocycles. The summed E-state index contributed by atoms with van der Waals surface area (Å²) in [5.74, 6) is 1.70. The summed E-state index contributed by atoms with van der Waals surface area (Å²) in [5, 5.41) is 7.46. The van der Waals surface area contributed by atoms with E-state index in [2.05, 4.69) is 24.3 Å². The number of hydrogen-bond acceptors (Lipinski definition) is 3. The van der Waals surface area contributed by atoms with E-state index in [4.69, 9.17) is 4.52 Å². The van der Waals surface area contributed by atoms with Crippen molar-refractivity contribution in [1.29, 1.82) is 0 Å². The van der Waals surface area contributed by atoms with Crippen LogP contribution in [0.4, 0.5) is 0 Å². The van der Waals surface area contributed by atoms with Crippen molar-refractivity contribution in [3.63, 3.8) is 0 Å². The Morgan fingerprint density at radius 2 is 2.07 bits per heavy atom. The van der Waals surface area contributed by atoms with Crippen LogP contribution in [-0.2, 0) is 6.54 Å². The van der Waals surface area contributed by atoms with E-state index >= 15 is 0 Å². The molecular weight excluding hydrogens is 188 g/mol. The monoisotopic (exact) mass is 208 g/mol. The summed E-state index contributed by atoms with van der Waals surface area (Å²) in [6.45, 7) is 5.53. The van der Waals surface area contributed by atoms with Crippen LogP contribution in [0.3, 0.4) is 0 Å². The summed E-state index contributed by atoms with van der Waals surface area (Å²) in [5.41, 5.74) is 1.00.